The zero-order chi connectivity index (χ0) is 21.4. The van der Waals surface area contributed by atoms with E-state index in [0.29, 0.717) is 5.75 Å². The number of rotatable bonds is 4. The summed E-state index contributed by atoms with van der Waals surface area (Å²) in [5.74, 6) is -0.770. The Morgan fingerprint density at radius 2 is 1.79 bits per heavy atom. The van der Waals surface area contributed by atoms with Crippen LogP contribution in [0.4, 0.5) is 18.9 Å². The van der Waals surface area contributed by atoms with Crippen molar-refractivity contribution in [2.75, 3.05) is 7.11 Å². The molecule has 0 radical (unpaired) electrons. The van der Waals surface area contributed by atoms with Crippen molar-refractivity contribution in [3.05, 3.63) is 69.8 Å². The van der Waals surface area contributed by atoms with Gasteiger partial charge in [-0.1, -0.05) is 0 Å². The number of carbonyl (C=O) groups is 1. The summed E-state index contributed by atoms with van der Waals surface area (Å²) in [5.41, 5.74) is -4.07. The average Bonchev–Trinajstić information content (AvgIpc) is 3.06. The molecule has 2 aromatic rings. The van der Waals surface area contributed by atoms with E-state index in [4.69, 9.17) is 4.74 Å². The molecule has 0 spiro atoms. The molecule has 0 bridgehead atoms. The fourth-order valence-electron chi connectivity index (χ4n) is 2.77. The van der Waals surface area contributed by atoms with Gasteiger partial charge in [-0.15, -0.1) is 0 Å². The molecule has 29 heavy (non-hydrogen) atoms. The number of hydrogen-bond acceptors (Lipinski definition) is 6. The highest BCUT2D eigenvalue weighted by atomic mass is 19.4. The van der Waals surface area contributed by atoms with E-state index in [1.54, 1.807) is 0 Å². The van der Waals surface area contributed by atoms with Gasteiger partial charge >= 0.3 is 6.18 Å². The molecule has 1 aliphatic rings. The second-order valence-corrected chi connectivity index (χ2v) is 6.19. The largest absolute Gasteiger partial charge is 0.497 e. The Bertz CT molecular complexity index is 974. The Morgan fingerprint density at radius 1 is 1.21 bits per heavy atom. The van der Waals surface area contributed by atoms with Crippen LogP contribution in [0.25, 0.3) is 0 Å². The molecule has 3 rings (SSSR count). The van der Waals surface area contributed by atoms with Crippen LogP contribution in [0.3, 0.4) is 0 Å². The molecule has 1 unspecified atom stereocenters. The molecule has 1 amide bonds. The SMILES string of the molecule is COc1ccc(C(=O)N2N=C(c3ccc([N+](=O)[O-])cc3)CC2(O)C(F)(F)F)cc1. The van der Waals surface area contributed by atoms with Crippen molar-refractivity contribution in [2.24, 2.45) is 5.10 Å². The Morgan fingerprint density at radius 3 is 2.28 bits per heavy atom. The van der Waals surface area contributed by atoms with E-state index in [-0.39, 0.29) is 27.5 Å². The van der Waals surface area contributed by atoms with Gasteiger partial charge in [-0.3, -0.25) is 14.9 Å². The zero-order valence-corrected chi connectivity index (χ0v) is 14.9. The van der Waals surface area contributed by atoms with E-state index in [2.05, 4.69) is 5.10 Å². The van der Waals surface area contributed by atoms with Gasteiger partial charge in [0, 0.05) is 17.7 Å². The number of non-ortho nitro benzene ring substituents is 1. The Kier molecular flexibility index (Phi) is 5.01. The van der Waals surface area contributed by atoms with Gasteiger partial charge in [0.25, 0.3) is 17.3 Å². The van der Waals surface area contributed by atoms with Gasteiger partial charge in [-0.2, -0.15) is 23.3 Å². The third-order valence-corrected chi connectivity index (χ3v) is 4.38. The van der Waals surface area contributed by atoms with E-state index < -0.39 is 29.2 Å². The van der Waals surface area contributed by atoms with Crippen LogP contribution >= 0.6 is 0 Å². The highest BCUT2D eigenvalue weighted by Crippen LogP contribution is 2.42. The first kappa shape index (κ1) is 20.3. The topological polar surface area (TPSA) is 105 Å². The minimum absolute atomic E-state index is 0.00838. The summed E-state index contributed by atoms with van der Waals surface area (Å²) < 4.78 is 45.8. The van der Waals surface area contributed by atoms with Gasteiger partial charge in [0.15, 0.2) is 0 Å². The van der Waals surface area contributed by atoms with E-state index in [1.165, 1.54) is 43.5 Å². The number of nitrogens with zero attached hydrogens (tertiary/aromatic N) is 3. The number of halogens is 3. The standard InChI is InChI=1S/C18H14F3N3O5/c1-29-14-8-4-12(5-9-14)16(25)23-17(26,18(19,20)21)10-15(22-23)11-2-6-13(7-3-11)24(27)28/h2-9,26H,10H2,1H3. The molecule has 1 atom stereocenters. The summed E-state index contributed by atoms with van der Waals surface area (Å²) in [6.07, 6.45) is -6.21. The number of alkyl halides is 3. The van der Waals surface area contributed by atoms with Crippen LogP contribution in [0.5, 0.6) is 5.75 Å². The number of nitro groups is 1. The first-order valence-electron chi connectivity index (χ1n) is 8.17. The predicted octanol–water partition coefficient (Wildman–Crippen LogP) is 3.10. The van der Waals surface area contributed by atoms with Crippen LogP contribution in [0.1, 0.15) is 22.3 Å². The molecule has 0 aromatic heterocycles. The van der Waals surface area contributed by atoms with Gasteiger partial charge < -0.3 is 9.84 Å². The van der Waals surface area contributed by atoms with Crippen molar-refractivity contribution in [1.82, 2.24) is 5.01 Å². The molecule has 11 heteroatoms. The van der Waals surface area contributed by atoms with E-state index in [1.807, 2.05) is 0 Å². The minimum Gasteiger partial charge on any atom is -0.497 e. The van der Waals surface area contributed by atoms with Crippen molar-refractivity contribution in [3.63, 3.8) is 0 Å². The molecule has 1 N–H and O–H groups in total. The molecule has 152 valence electrons. The maximum atomic E-state index is 13.6. The average molecular weight is 409 g/mol. The summed E-state index contributed by atoms with van der Waals surface area (Å²) in [4.78, 5) is 22.7. The molecular weight excluding hydrogens is 395 g/mol. The maximum absolute atomic E-state index is 13.6. The number of amides is 1. The fraction of sp³-hybridized carbons (Fsp3) is 0.222. The summed E-state index contributed by atoms with van der Waals surface area (Å²) in [6.45, 7) is 0. The van der Waals surface area contributed by atoms with Crippen LogP contribution in [-0.2, 0) is 0 Å². The van der Waals surface area contributed by atoms with Crippen molar-refractivity contribution in [2.45, 2.75) is 18.3 Å². The second kappa shape index (κ2) is 7.17. The lowest BCUT2D eigenvalue weighted by molar-refractivity contribution is -0.384. The predicted molar refractivity (Wildman–Crippen MR) is 94.4 cm³/mol. The third kappa shape index (κ3) is 3.63. The van der Waals surface area contributed by atoms with Gasteiger partial charge in [-0.25, -0.2) is 0 Å². The number of hydrogen-bond donors (Lipinski definition) is 1. The van der Waals surface area contributed by atoms with E-state index in [9.17, 15) is 33.2 Å². The van der Waals surface area contributed by atoms with Crippen LogP contribution in [-0.4, -0.2) is 45.7 Å². The first-order chi connectivity index (χ1) is 13.6. The van der Waals surface area contributed by atoms with Crippen LogP contribution in [0.15, 0.2) is 53.6 Å². The number of aliphatic hydroxyl groups is 1. The number of ether oxygens (including phenoxy) is 1. The molecule has 0 saturated heterocycles. The highest BCUT2D eigenvalue weighted by Gasteiger charge is 2.63. The molecule has 0 aliphatic carbocycles. The summed E-state index contributed by atoms with van der Waals surface area (Å²) in [7, 11) is 1.39. The van der Waals surface area contributed by atoms with Gasteiger partial charge in [0.05, 0.1) is 24.2 Å². The van der Waals surface area contributed by atoms with Crippen molar-refractivity contribution in [1.29, 1.82) is 0 Å². The first-order valence-corrected chi connectivity index (χ1v) is 8.17. The molecular formula is C18H14F3N3O5. The molecule has 8 nitrogen and oxygen atoms in total. The third-order valence-electron chi connectivity index (χ3n) is 4.38. The normalized spacial score (nSPS) is 19.1. The number of benzene rings is 2. The molecule has 1 aliphatic heterocycles. The van der Waals surface area contributed by atoms with Crippen LogP contribution < -0.4 is 4.74 Å². The number of hydrazone groups is 1. The Balaban J connectivity index is 2.00. The maximum Gasteiger partial charge on any atom is 0.438 e. The zero-order valence-electron chi connectivity index (χ0n) is 14.9. The summed E-state index contributed by atoms with van der Waals surface area (Å²) in [5, 5.41) is 24.8. The monoisotopic (exact) mass is 409 g/mol. The van der Waals surface area contributed by atoms with Crippen LogP contribution in [0, 0.1) is 10.1 Å². The summed E-state index contributed by atoms with van der Waals surface area (Å²) in [6, 6.07) is 9.86. The molecule has 1 heterocycles. The highest BCUT2D eigenvalue weighted by molar-refractivity contribution is 6.05. The lowest BCUT2D eigenvalue weighted by atomic mass is 10.0. The molecule has 0 saturated carbocycles. The lowest BCUT2D eigenvalue weighted by Crippen LogP contribution is -2.56. The van der Waals surface area contributed by atoms with E-state index >= 15 is 0 Å². The lowest BCUT2D eigenvalue weighted by Gasteiger charge is -2.32. The Labute approximate surface area is 162 Å². The summed E-state index contributed by atoms with van der Waals surface area (Å²) >= 11 is 0. The van der Waals surface area contributed by atoms with Gasteiger partial charge in [-0.05, 0) is 42.0 Å². The number of carbonyl (C=O) groups excluding carboxylic acids is 1. The molecule has 2 aromatic carbocycles. The van der Waals surface area contributed by atoms with Crippen molar-refractivity contribution in [3.8, 4) is 5.75 Å². The second-order valence-electron chi connectivity index (χ2n) is 6.19. The Hall–Kier alpha value is -3.47. The smallest absolute Gasteiger partial charge is 0.438 e. The minimum atomic E-state index is -5.19. The quantitative estimate of drug-likeness (QED) is 0.617. The fourth-order valence-corrected chi connectivity index (χ4v) is 2.77. The van der Waals surface area contributed by atoms with Crippen molar-refractivity contribution < 1.29 is 32.7 Å². The van der Waals surface area contributed by atoms with E-state index in [0.717, 1.165) is 12.1 Å². The van der Waals surface area contributed by atoms with Gasteiger partial charge in [0.2, 0.25) is 0 Å². The van der Waals surface area contributed by atoms with Crippen molar-refractivity contribution >= 4 is 17.3 Å². The van der Waals surface area contributed by atoms with Gasteiger partial charge in [0.1, 0.15) is 5.75 Å². The van der Waals surface area contributed by atoms with Crippen LogP contribution in [0.2, 0.25) is 0 Å². The molecule has 0 fully saturated rings. The number of nitro benzene ring substituents is 1. The number of methoxy groups -OCH3 is 1.